The summed E-state index contributed by atoms with van der Waals surface area (Å²) < 4.78 is 24.7. The average Bonchev–Trinajstić information content (AvgIpc) is 3.12. The summed E-state index contributed by atoms with van der Waals surface area (Å²) >= 11 is 0. The lowest BCUT2D eigenvalue weighted by molar-refractivity contribution is -0.139. The summed E-state index contributed by atoms with van der Waals surface area (Å²) in [6, 6.07) is 0.592. The Balaban J connectivity index is 2.06. The van der Waals surface area contributed by atoms with Crippen LogP contribution in [0.5, 0.6) is 0 Å². The summed E-state index contributed by atoms with van der Waals surface area (Å²) in [5.74, 6) is -0.0164. The summed E-state index contributed by atoms with van der Waals surface area (Å²) in [5.41, 5.74) is 0. The van der Waals surface area contributed by atoms with Gasteiger partial charge in [0, 0.05) is 25.2 Å². The molecular formula is C13H24N2O3S. The maximum atomic E-state index is 12.6. The van der Waals surface area contributed by atoms with E-state index in [1.165, 1.54) is 10.6 Å². The van der Waals surface area contributed by atoms with Crippen molar-refractivity contribution in [2.75, 3.05) is 19.3 Å². The van der Waals surface area contributed by atoms with Crippen molar-refractivity contribution in [2.45, 2.75) is 51.6 Å². The van der Waals surface area contributed by atoms with Crippen LogP contribution >= 0.6 is 0 Å². The second-order valence-corrected chi connectivity index (χ2v) is 8.01. The standard InChI is InChI=1S/C13H24N2O3S/c1-10(2)15(12-6-7-12)13(16)11-5-4-8-14(9-11)19(3,17)18/h10-12H,4-9H2,1-3H3. The summed E-state index contributed by atoms with van der Waals surface area (Å²) in [6.45, 7) is 4.97. The van der Waals surface area contributed by atoms with Crippen LogP contribution in [0.2, 0.25) is 0 Å². The fraction of sp³-hybridized carbons (Fsp3) is 0.923. The molecule has 0 radical (unpaired) electrons. The van der Waals surface area contributed by atoms with Crippen LogP contribution in [-0.4, -0.2) is 55.0 Å². The van der Waals surface area contributed by atoms with Gasteiger partial charge < -0.3 is 4.90 Å². The number of nitrogens with zero attached hydrogens (tertiary/aromatic N) is 2. The van der Waals surface area contributed by atoms with Crippen LogP contribution < -0.4 is 0 Å². The third-order valence-corrected chi connectivity index (χ3v) is 5.22. The summed E-state index contributed by atoms with van der Waals surface area (Å²) in [4.78, 5) is 14.6. The van der Waals surface area contributed by atoms with E-state index in [-0.39, 0.29) is 17.9 Å². The second-order valence-electron chi connectivity index (χ2n) is 6.03. The molecular weight excluding hydrogens is 264 g/mol. The largest absolute Gasteiger partial charge is 0.337 e. The van der Waals surface area contributed by atoms with Crippen LogP contribution in [0.15, 0.2) is 0 Å². The second kappa shape index (κ2) is 5.40. The van der Waals surface area contributed by atoms with Crippen LogP contribution in [0.1, 0.15) is 39.5 Å². The molecule has 110 valence electrons. The first kappa shape index (κ1) is 14.8. The van der Waals surface area contributed by atoms with Crippen molar-refractivity contribution in [3.8, 4) is 0 Å². The third-order valence-electron chi connectivity index (χ3n) is 3.95. The molecule has 0 aromatic rings. The Morgan fingerprint density at radius 2 is 1.89 bits per heavy atom. The predicted octanol–water partition coefficient (Wildman–Crippen LogP) is 1.06. The van der Waals surface area contributed by atoms with E-state index in [0.29, 0.717) is 19.1 Å². The first-order valence-electron chi connectivity index (χ1n) is 7.08. The Bertz CT molecular complexity index is 441. The zero-order valence-corrected chi connectivity index (χ0v) is 12.8. The molecule has 1 unspecified atom stereocenters. The molecule has 0 aromatic carbocycles. The Labute approximate surface area is 116 Å². The van der Waals surface area contributed by atoms with Gasteiger partial charge in [-0.05, 0) is 39.5 Å². The average molecular weight is 288 g/mol. The minimum absolute atomic E-state index is 0.144. The van der Waals surface area contributed by atoms with E-state index < -0.39 is 10.0 Å². The minimum atomic E-state index is -3.18. The molecule has 5 nitrogen and oxygen atoms in total. The van der Waals surface area contributed by atoms with Gasteiger partial charge in [0.2, 0.25) is 15.9 Å². The van der Waals surface area contributed by atoms with Crippen molar-refractivity contribution in [2.24, 2.45) is 5.92 Å². The number of carbonyl (C=O) groups is 1. The van der Waals surface area contributed by atoms with Crippen LogP contribution in [0, 0.1) is 5.92 Å². The van der Waals surface area contributed by atoms with Gasteiger partial charge in [0.05, 0.1) is 12.2 Å². The normalized spacial score (nSPS) is 25.6. The molecule has 1 heterocycles. The molecule has 0 aromatic heterocycles. The van der Waals surface area contributed by atoms with E-state index in [1.54, 1.807) is 0 Å². The molecule has 6 heteroatoms. The molecule has 1 amide bonds. The van der Waals surface area contributed by atoms with E-state index in [1.807, 2.05) is 18.7 Å². The Morgan fingerprint density at radius 1 is 1.26 bits per heavy atom. The van der Waals surface area contributed by atoms with Crippen molar-refractivity contribution in [3.63, 3.8) is 0 Å². The van der Waals surface area contributed by atoms with Gasteiger partial charge in [0.15, 0.2) is 0 Å². The smallest absolute Gasteiger partial charge is 0.227 e. The number of sulfonamides is 1. The topological polar surface area (TPSA) is 57.7 Å². The van der Waals surface area contributed by atoms with Crippen LogP contribution in [0.4, 0.5) is 0 Å². The van der Waals surface area contributed by atoms with Gasteiger partial charge in [-0.3, -0.25) is 4.79 Å². The fourth-order valence-electron chi connectivity index (χ4n) is 2.86. The Morgan fingerprint density at radius 3 is 2.37 bits per heavy atom. The molecule has 1 aliphatic heterocycles. The molecule has 0 bridgehead atoms. The molecule has 1 saturated heterocycles. The van der Waals surface area contributed by atoms with Gasteiger partial charge in [-0.2, -0.15) is 0 Å². The minimum Gasteiger partial charge on any atom is -0.337 e. The molecule has 1 atom stereocenters. The highest BCUT2D eigenvalue weighted by atomic mass is 32.2. The van der Waals surface area contributed by atoms with Crippen molar-refractivity contribution in [3.05, 3.63) is 0 Å². The molecule has 2 rings (SSSR count). The summed E-state index contributed by atoms with van der Waals surface area (Å²) in [7, 11) is -3.18. The molecule has 1 saturated carbocycles. The molecule has 0 N–H and O–H groups in total. The molecule has 19 heavy (non-hydrogen) atoms. The maximum Gasteiger partial charge on any atom is 0.227 e. The van der Waals surface area contributed by atoms with E-state index in [4.69, 9.17) is 0 Å². The number of amides is 1. The Hall–Kier alpha value is -0.620. The number of rotatable bonds is 4. The highest BCUT2D eigenvalue weighted by Gasteiger charge is 2.39. The monoisotopic (exact) mass is 288 g/mol. The highest BCUT2D eigenvalue weighted by molar-refractivity contribution is 7.88. The quantitative estimate of drug-likeness (QED) is 0.777. The Kier molecular flexibility index (Phi) is 4.20. The first-order valence-corrected chi connectivity index (χ1v) is 8.93. The van der Waals surface area contributed by atoms with E-state index in [2.05, 4.69) is 0 Å². The van der Waals surface area contributed by atoms with Crippen molar-refractivity contribution >= 4 is 15.9 Å². The van der Waals surface area contributed by atoms with Crippen molar-refractivity contribution < 1.29 is 13.2 Å². The van der Waals surface area contributed by atoms with E-state index >= 15 is 0 Å². The summed E-state index contributed by atoms with van der Waals surface area (Å²) in [6.07, 6.45) is 4.99. The molecule has 2 fully saturated rings. The fourth-order valence-corrected chi connectivity index (χ4v) is 3.78. The molecule has 1 aliphatic carbocycles. The molecule has 0 spiro atoms. The van der Waals surface area contributed by atoms with E-state index in [9.17, 15) is 13.2 Å². The van der Waals surface area contributed by atoms with Gasteiger partial charge in [0.25, 0.3) is 0 Å². The highest BCUT2D eigenvalue weighted by Crippen LogP contribution is 2.31. The number of hydrogen-bond acceptors (Lipinski definition) is 3. The maximum absolute atomic E-state index is 12.6. The van der Waals surface area contributed by atoms with Crippen LogP contribution in [0.3, 0.4) is 0 Å². The SMILES string of the molecule is CC(C)N(C(=O)C1CCCN(S(C)(=O)=O)C1)C1CC1. The van der Waals surface area contributed by atoms with Gasteiger partial charge in [0.1, 0.15) is 0 Å². The van der Waals surface area contributed by atoms with Gasteiger partial charge >= 0.3 is 0 Å². The number of carbonyl (C=O) groups excluding carboxylic acids is 1. The zero-order chi connectivity index (χ0) is 14.2. The van der Waals surface area contributed by atoms with E-state index in [0.717, 1.165) is 25.7 Å². The van der Waals surface area contributed by atoms with Gasteiger partial charge in [-0.25, -0.2) is 12.7 Å². The number of hydrogen-bond donors (Lipinski definition) is 0. The summed E-state index contributed by atoms with van der Waals surface area (Å²) in [5, 5.41) is 0. The van der Waals surface area contributed by atoms with Crippen molar-refractivity contribution in [1.82, 2.24) is 9.21 Å². The third kappa shape index (κ3) is 3.48. The van der Waals surface area contributed by atoms with Gasteiger partial charge in [-0.15, -0.1) is 0 Å². The lowest BCUT2D eigenvalue weighted by Gasteiger charge is -2.35. The van der Waals surface area contributed by atoms with Gasteiger partial charge in [-0.1, -0.05) is 0 Å². The van der Waals surface area contributed by atoms with Crippen molar-refractivity contribution in [1.29, 1.82) is 0 Å². The molecule has 2 aliphatic rings. The first-order chi connectivity index (χ1) is 8.80. The van der Waals surface area contributed by atoms with Crippen LogP contribution in [0.25, 0.3) is 0 Å². The van der Waals surface area contributed by atoms with Crippen LogP contribution in [-0.2, 0) is 14.8 Å². The lowest BCUT2D eigenvalue weighted by Crippen LogP contribution is -2.49. The predicted molar refractivity (Wildman–Crippen MR) is 74.1 cm³/mol. The zero-order valence-electron chi connectivity index (χ0n) is 12.0. The number of piperidine rings is 1. The lowest BCUT2D eigenvalue weighted by atomic mass is 9.97.